The number of hydrogen-bond acceptors (Lipinski definition) is 1. The maximum absolute atomic E-state index is 12.3. The summed E-state index contributed by atoms with van der Waals surface area (Å²) in [6, 6.07) is 0. The third-order valence-electron chi connectivity index (χ3n) is 1.88. The highest BCUT2D eigenvalue weighted by molar-refractivity contribution is 4.94. The van der Waals surface area contributed by atoms with Gasteiger partial charge in [0.15, 0.2) is 0 Å². The van der Waals surface area contributed by atoms with Gasteiger partial charge in [0.05, 0.1) is 0 Å². The van der Waals surface area contributed by atoms with Crippen molar-refractivity contribution >= 4 is 0 Å². The zero-order valence-corrected chi connectivity index (χ0v) is 5.40. The molecule has 0 saturated heterocycles. The van der Waals surface area contributed by atoms with E-state index in [-0.39, 0.29) is 5.92 Å². The molecule has 1 saturated carbocycles. The van der Waals surface area contributed by atoms with E-state index in [2.05, 4.69) is 0 Å². The maximum Gasteiger partial charge on any atom is 0.248 e. The molecule has 0 heterocycles. The highest BCUT2D eigenvalue weighted by Gasteiger charge is 2.50. The highest BCUT2D eigenvalue weighted by Crippen LogP contribution is 2.48. The van der Waals surface area contributed by atoms with Crippen molar-refractivity contribution in [2.24, 2.45) is 17.6 Å². The Balaban J connectivity index is 2.33. The summed E-state index contributed by atoms with van der Waals surface area (Å²) in [5.41, 5.74) is 5.19. The van der Waals surface area contributed by atoms with Crippen LogP contribution in [0.5, 0.6) is 0 Å². The van der Waals surface area contributed by atoms with E-state index < -0.39 is 11.8 Å². The van der Waals surface area contributed by atoms with E-state index in [4.69, 9.17) is 5.73 Å². The quantitative estimate of drug-likeness (QED) is 0.605. The number of rotatable bonds is 2. The molecule has 0 spiro atoms. The van der Waals surface area contributed by atoms with Crippen molar-refractivity contribution < 1.29 is 8.78 Å². The van der Waals surface area contributed by atoms with Crippen LogP contribution < -0.4 is 5.73 Å². The number of nitrogens with two attached hydrogens (primary N) is 1. The molecule has 3 heteroatoms. The molecule has 0 radical (unpaired) electrons. The molecule has 0 aromatic heterocycles. The summed E-state index contributed by atoms with van der Waals surface area (Å²) >= 11 is 0. The smallest absolute Gasteiger partial charge is 0.248 e. The third-order valence-corrected chi connectivity index (χ3v) is 1.88. The largest absolute Gasteiger partial charge is 0.330 e. The standard InChI is InChI=1S/C6H11F2N/c1-6(7,8)5-2-4(5)3-9/h4-5H,2-3,9H2,1H3. The Morgan fingerprint density at radius 2 is 2.22 bits per heavy atom. The lowest BCUT2D eigenvalue weighted by atomic mass is 10.2. The SMILES string of the molecule is CC(F)(F)C1CC1CN. The summed E-state index contributed by atoms with van der Waals surface area (Å²) in [5, 5.41) is 0. The van der Waals surface area contributed by atoms with E-state index >= 15 is 0 Å². The van der Waals surface area contributed by atoms with Crippen LogP contribution >= 0.6 is 0 Å². The Kier molecular flexibility index (Phi) is 1.47. The molecule has 2 unspecified atom stereocenters. The van der Waals surface area contributed by atoms with Crippen LogP contribution in [0.25, 0.3) is 0 Å². The maximum atomic E-state index is 12.3. The molecule has 0 aromatic rings. The Morgan fingerprint density at radius 1 is 1.67 bits per heavy atom. The molecule has 1 fully saturated rings. The second-order valence-corrected chi connectivity index (χ2v) is 2.79. The van der Waals surface area contributed by atoms with Crippen LogP contribution in [0, 0.1) is 11.8 Å². The van der Waals surface area contributed by atoms with Gasteiger partial charge in [0.2, 0.25) is 5.92 Å². The lowest BCUT2D eigenvalue weighted by molar-refractivity contribution is -0.00691. The van der Waals surface area contributed by atoms with Gasteiger partial charge in [0, 0.05) is 5.92 Å². The zero-order chi connectivity index (χ0) is 7.07. The molecule has 1 nitrogen and oxygen atoms in total. The summed E-state index contributed by atoms with van der Waals surface area (Å²) in [4.78, 5) is 0. The van der Waals surface area contributed by atoms with Gasteiger partial charge in [-0.15, -0.1) is 0 Å². The van der Waals surface area contributed by atoms with Crippen molar-refractivity contribution in [1.29, 1.82) is 0 Å². The van der Waals surface area contributed by atoms with Crippen LogP contribution in [0.4, 0.5) is 8.78 Å². The summed E-state index contributed by atoms with van der Waals surface area (Å²) in [6.07, 6.45) is 0.611. The molecular weight excluding hydrogens is 124 g/mol. The monoisotopic (exact) mass is 135 g/mol. The van der Waals surface area contributed by atoms with Gasteiger partial charge in [0.25, 0.3) is 0 Å². The molecule has 0 amide bonds. The first-order valence-electron chi connectivity index (χ1n) is 3.13. The van der Waals surface area contributed by atoms with Crippen LogP contribution in [-0.4, -0.2) is 12.5 Å². The molecular formula is C6H11F2N. The van der Waals surface area contributed by atoms with Crippen molar-refractivity contribution in [3.05, 3.63) is 0 Å². The molecule has 2 atom stereocenters. The lowest BCUT2D eigenvalue weighted by Gasteiger charge is -2.07. The number of halogens is 2. The van der Waals surface area contributed by atoms with Gasteiger partial charge < -0.3 is 5.73 Å². The first-order chi connectivity index (χ1) is 4.05. The predicted octanol–water partition coefficient (Wildman–Crippen LogP) is 1.24. The minimum Gasteiger partial charge on any atom is -0.330 e. The molecule has 0 aromatic carbocycles. The van der Waals surface area contributed by atoms with Crippen LogP contribution in [0.3, 0.4) is 0 Å². The van der Waals surface area contributed by atoms with Gasteiger partial charge in [-0.05, 0) is 25.8 Å². The summed E-state index contributed by atoms with van der Waals surface area (Å²) in [5.74, 6) is -2.84. The topological polar surface area (TPSA) is 26.0 Å². The number of hydrogen-bond donors (Lipinski definition) is 1. The van der Waals surface area contributed by atoms with Gasteiger partial charge in [-0.25, -0.2) is 8.78 Å². The Morgan fingerprint density at radius 3 is 2.33 bits per heavy atom. The van der Waals surface area contributed by atoms with Gasteiger partial charge in [-0.1, -0.05) is 0 Å². The van der Waals surface area contributed by atoms with Crippen molar-refractivity contribution in [1.82, 2.24) is 0 Å². The van der Waals surface area contributed by atoms with Crippen LogP contribution in [0.15, 0.2) is 0 Å². The molecule has 1 aliphatic rings. The minimum atomic E-state index is -2.50. The Labute approximate surface area is 53.2 Å². The first kappa shape index (κ1) is 6.93. The molecule has 0 bridgehead atoms. The van der Waals surface area contributed by atoms with E-state index in [0.717, 1.165) is 6.92 Å². The summed E-state index contributed by atoms with van der Waals surface area (Å²) in [6.45, 7) is 1.38. The zero-order valence-electron chi connectivity index (χ0n) is 5.40. The van der Waals surface area contributed by atoms with Crippen LogP contribution in [-0.2, 0) is 0 Å². The van der Waals surface area contributed by atoms with Gasteiger partial charge in [-0.3, -0.25) is 0 Å². The molecule has 54 valence electrons. The first-order valence-corrected chi connectivity index (χ1v) is 3.13. The van der Waals surface area contributed by atoms with E-state index in [0.29, 0.717) is 13.0 Å². The van der Waals surface area contributed by atoms with Gasteiger partial charge in [0.1, 0.15) is 0 Å². The van der Waals surface area contributed by atoms with E-state index in [1.807, 2.05) is 0 Å². The Hall–Kier alpha value is -0.180. The summed E-state index contributed by atoms with van der Waals surface area (Å²) < 4.78 is 24.6. The third kappa shape index (κ3) is 1.39. The molecule has 9 heavy (non-hydrogen) atoms. The van der Waals surface area contributed by atoms with Crippen molar-refractivity contribution in [3.63, 3.8) is 0 Å². The van der Waals surface area contributed by atoms with Gasteiger partial charge in [-0.2, -0.15) is 0 Å². The van der Waals surface area contributed by atoms with Gasteiger partial charge >= 0.3 is 0 Å². The second kappa shape index (κ2) is 1.90. The van der Waals surface area contributed by atoms with Crippen LogP contribution in [0.2, 0.25) is 0 Å². The molecule has 0 aliphatic heterocycles. The molecule has 2 N–H and O–H groups in total. The molecule has 1 aliphatic carbocycles. The fourth-order valence-electron chi connectivity index (χ4n) is 1.13. The lowest BCUT2D eigenvalue weighted by Crippen LogP contribution is -2.16. The highest BCUT2D eigenvalue weighted by atomic mass is 19.3. The fourth-order valence-corrected chi connectivity index (χ4v) is 1.13. The van der Waals surface area contributed by atoms with E-state index in [9.17, 15) is 8.78 Å². The predicted molar refractivity (Wildman–Crippen MR) is 31.3 cm³/mol. The van der Waals surface area contributed by atoms with Crippen LogP contribution in [0.1, 0.15) is 13.3 Å². The fraction of sp³-hybridized carbons (Fsp3) is 1.00. The normalized spacial score (nSPS) is 34.7. The van der Waals surface area contributed by atoms with E-state index in [1.165, 1.54) is 0 Å². The minimum absolute atomic E-state index is 0.0880. The van der Waals surface area contributed by atoms with E-state index in [1.54, 1.807) is 0 Å². The second-order valence-electron chi connectivity index (χ2n) is 2.79. The van der Waals surface area contributed by atoms with Crippen molar-refractivity contribution in [3.8, 4) is 0 Å². The average molecular weight is 135 g/mol. The number of alkyl halides is 2. The summed E-state index contributed by atoms with van der Waals surface area (Å²) in [7, 11) is 0. The molecule has 1 rings (SSSR count). The Bertz CT molecular complexity index is 108. The van der Waals surface area contributed by atoms with Crippen molar-refractivity contribution in [2.75, 3.05) is 6.54 Å². The van der Waals surface area contributed by atoms with Crippen molar-refractivity contribution in [2.45, 2.75) is 19.3 Å². The average Bonchev–Trinajstić information content (AvgIpc) is 2.39.